The molecule has 0 bridgehead atoms. The molecule has 1 rings (SSSR count). The number of hydrogen-bond donors (Lipinski definition) is 3. The third-order valence-corrected chi connectivity index (χ3v) is 2.22. The average Bonchev–Trinajstić information content (AvgIpc) is 2.09. The number of rotatable bonds is 4. The summed E-state index contributed by atoms with van der Waals surface area (Å²) in [6.45, 7) is 2.48. The van der Waals surface area contributed by atoms with Gasteiger partial charge in [0.1, 0.15) is 0 Å². The highest BCUT2D eigenvalue weighted by Gasteiger charge is 2.19. The van der Waals surface area contributed by atoms with Gasteiger partial charge in [0.05, 0.1) is 6.54 Å². The molecule has 1 aliphatic carbocycles. The average molecular weight is 199 g/mol. The highest BCUT2D eigenvalue weighted by atomic mass is 16.2. The van der Waals surface area contributed by atoms with Crippen LogP contribution in [0.4, 0.5) is 4.79 Å². The number of urea groups is 1. The van der Waals surface area contributed by atoms with E-state index in [1.54, 1.807) is 0 Å². The molecule has 1 fully saturated rings. The number of carbonyl (C=O) groups is 2. The molecule has 14 heavy (non-hydrogen) atoms. The van der Waals surface area contributed by atoms with Gasteiger partial charge in [-0.3, -0.25) is 4.79 Å². The van der Waals surface area contributed by atoms with Crippen molar-refractivity contribution in [3.05, 3.63) is 0 Å². The molecule has 0 aromatic heterocycles. The van der Waals surface area contributed by atoms with Crippen LogP contribution in [-0.2, 0) is 4.79 Å². The fourth-order valence-electron chi connectivity index (χ4n) is 1.21. The fourth-order valence-corrected chi connectivity index (χ4v) is 1.21. The highest BCUT2D eigenvalue weighted by molar-refractivity contribution is 5.83. The fraction of sp³-hybridized carbons (Fsp3) is 0.778. The van der Waals surface area contributed by atoms with Crippen molar-refractivity contribution in [1.29, 1.82) is 0 Å². The molecule has 3 amide bonds. The number of nitrogens with one attached hydrogen (secondary N) is 3. The maximum atomic E-state index is 11.2. The summed E-state index contributed by atoms with van der Waals surface area (Å²) in [5.41, 5.74) is 0. The van der Waals surface area contributed by atoms with Gasteiger partial charge in [0, 0.05) is 12.6 Å². The van der Waals surface area contributed by atoms with Crippen molar-refractivity contribution in [2.75, 3.05) is 13.1 Å². The Bertz CT molecular complexity index is 214. The van der Waals surface area contributed by atoms with Crippen LogP contribution in [0.5, 0.6) is 0 Å². The van der Waals surface area contributed by atoms with Crippen LogP contribution in [0.25, 0.3) is 0 Å². The van der Waals surface area contributed by atoms with E-state index in [1.807, 2.05) is 6.92 Å². The molecule has 80 valence electrons. The Balaban J connectivity index is 2.04. The van der Waals surface area contributed by atoms with Gasteiger partial charge in [-0.2, -0.15) is 0 Å². The van der Waals surface area contributed by atoms with E-state index in [1.165, 1.54) is 6.42 Å². The van der Waals surface area contributed by atoms with Crippen molar-refractivity contribution in [2.45, 2.75) is 32.2 Å². The van der Waals surface area contributed by atoms with Crippen LogP contribution < -0.4 is 16.0 Å². The number of likely N-dealkylation sites (N-methyl/N-ethyl adjacent to an activating group) is 1. The van der Waals surface area contributed by atoms with Crippen LogP contribution in [-0.4, -0.2) is 31.1 Å². The maximum absolute atomic E-state index is 11.2. The lowest BCUT2D eigenvalue weighted by Crippen LogP contribution is -2.47. The van der Waals surface area contributed by atoms with Gasteiger partial charge >= 0.3 is 6.03 Å². The molecule has 0 aromatic carbocycles. The number of hydrogen-bond acceptors (Lipinski definition) is 2. The minimum atomic E-state index is -0.249. The van der Waals surface area contributed by atoms with Gasteiger partial charge in [0.25, 0.3) is 0 Å². The zero-order valence-corrected chi connectivity index (χ0v) is 8.43. The molecule has 3 N–H and O–H groups in total. The first-order chi connectivity index (χ1) is 6.72. The second-order valence-corrected chi connectivity index (χ2v) is 3.41. The normalized spacial score (nSPS) is 15.5. The van der Waals surface area contributed by atoms with Crippen molar-refractivity contribution in [1.82, 2.24) is 16.0 Å². The second-order valence-electron chi connectivity index (χ2n) is 3.41. The SMILES string of the molecule is CCNC(=O)CNC(=O)NC1CCC1. The molecule has 1 saturated carbocycles. The van der Waals surface area contributed by atoms with Gasteiger partial charge in [-0.15, -0.1) is 0 Å². The highest BCUT2D eigenvalue weighted by Crippen LogP contribution is 2.17. The minimum Gasteiger partial charge on any atom is -0.355 e. The quantitative estimate of drug-likeness (QED) is 0.595. The lowest BCUT2D eigenvalue weighted by molar-refractivity contribution is -0.119. The Morgan fingerprint density at radius 3 is 2.50 bits per heavy atom. The van der Waals surface area contributed by atoms with Crippen LogP contribution in [0.3, 0.4) is 0 Å². The van der Waals surface area contributed by atoms with E-state index in [2.05, 4.69) is 16.0 Å². The third-order valence-electron chi connectivity index (χ3n) is 2.22. The summed E-state index contributed by atoms with van der Waals surface area (Å²) >= 11 is 0. The summed E-state index contributed by atoms with van der Waals surface area (Å²) in [6.07, 6.45) is 3.28. The summed E-state index contributed by atoms with van der Waals surface area (Å²) in [4.78, 5) is 22.1. The summed E-state index contributed by atoms with van der Waals surface area (Å²) in [5, 5.41) is 7.89. The molecule has 0 saturated heterocycles. The van der Waals surface area contributed by atoms with Crippen molar-refractivity contribution in [3.63, 3.8) is 0 Å². The van der Waals surface area contributed by atoms with Crippen LogP contribution in [0.2, 0.25) is 0 Å². The molecule has 0 radical (unpaired) electrons. The molecule has 0 unspecified atom stereocenters. The van der Waals surface area contributed by atoms with Crippen LogP contribution in [0, 0.1) is 0 Å². The van der Waals surface area contributed by atoms with Gasteiger partial charge in [0.2, 0.25) is 5.91 Å². The molecule has 0 aliphatic heterocycles. The molecule has 5 nitrogen and oxygen atoms in total. The summed E-state index contributed by atoms with van der Waals surface area (Å²) in [6, 6.07) is 0.0604. The van der Waals surface area contributed by atoms with E-state index in [0.29, 0.717) is 12.6 Å². The number of amides is 3. The Labute approximate surface area is 83.6 Å². The van der Waals surface area contributed by atoms with E-state index in [9.17, 15) is 9.59 Å². The Morgan fingerprint density at radius 2 is 2.00 bits per heavy atom. The first kappa shape index (κ1) is 10.8. The van der Waals surface area contributed by atoms with Crippen molar-refractivity contribution >= 4 is 11.9 Å². The zero-order chi connectivity index (χ0) is 10.4. The predicted molar refractivity (Wildman–Crippen MR) is 52.9 cm³/mol. The summed E-state index contributed by atoms with van der Waals surface area (Å²) in [5.74, 6) is -0.156. The van der Waals surface area contributed by atoms with Crippen LogP contribution in [0.1, 0.15) is 26.2 Å². The second kappa shape index (κ2) is 5.47. The van der Waals surface area contributed by atoms with Crippen molar-refractivity contribution < 1.29 is 9.59 Å². The molecular formula is C9H17N3O2. The molecule has 0 aromatic rings. The first-order valence-electron chi connectivity index (χ1n) is 5.03. The first-order valence-corrected chi connectivity index (χ1v) is 5.03. The molecule has 0 atom stereocenters. The van der Waals surface area contributed by atoms with Gasteiger partial charge in [-0.05, 0) is 26.2 Å². The largest absolute Gasteiger partial charge is 0.355 e. The molecule has 0 heterocycles. The van der Waals surface area contributed by atoms with Crippen molar-refractivity contribution in [3.8, 4) is 0 Å². The smallest absolute Gasteiger partial charge is 0.315 e. The van der Waals surface area contributed by atoms with E-state index < -0.39 is 0 Å². The molecule has 1 aliphatic rings. The van der Waals surface area contributed by atoms with E-state index in [0.717, 1.165) is 12.8 Å². The lowest BCUT2D eigenvalue weighted by atomic mass is 9.93. The molecule has 5 heteroatoms. The predicted octanol–water partition coefficient (Wildman–Crippen LogP) is -0.0258. The summed E-state index contributed by atoms with van der Waals surface area (Å²) in [7, 11) is 0. The Hall–Kier alpha value is -1.26. The van der Waals surface area contributed by atoms with E-state index in [4.69, 9.17) is 0 Å². The van der Waals surface area contributed by atoms with Crippen LogP contribution in [0.15, 0.2) is 0 Å². The van der Waals surface area contributed by atoms with E-state index >= 15 is 0 Å². The Kier molecular flexibility index (Phi) is 4.22. The monoisotopic (exact) mass is 199 g/mol. The van der Waals surface area contributed by atoms with Gasteiger partial charge in [0.15, 0.2) is 0 Å². The molecular weight excluding hydrogens is 182 g/mol. The topological polar surface area (TPSA) is 70.2 Å². The Morgan fingerprint density at radius 1 is 1.29 bits per heavy atom. The maximum Gasteiger partial charge on any atom is 0.315 e. The number of carbonyl (C=O) groups excluding carboxylic acids is 2. The van der Waals surface area contributed by atoms with Crippen LogP contribution >= 0.6 is 0 Å². The van der Waals surface area contributed by atoms with Gasteiger partial charge < -0.3 is 16.0 Å². The molecule has 0 spiro atoms. The van der Waals surface area contributed by atoms with Gasteiger partial charge in [-0.25, -0.2) is 4.79 Å². The standard InChI is InChI=1S/C9H17N3O2/c1-2-10-8(13)6-11-9(14)12-7-4-3-5-7/h7H,2-6H2,1H3,(H,10,13)(H2,11,12,14). The van der Waals surface area contributed by atoms with Crippen molar-refractivity contribution in [2.24, 2.45) is 0 Å². The zero-order valence-electron chi connectivity index (χ0n) is 8.43. The van der Waals surface area contributed by atoms with E-state index in [-0.39, 0.29) is 18.5 Å². The summed E-state index contributed by atoms with van der Waals surface area (Å²) < 4.78 is 0. The minimum absolute atomic E-state index is 0.0480. The lowest BCUT2D eigenvalue weighted by Gasteiger charge is -2.26. The third kappa shape index (κ3) is 3.64. The van der Waals surface area contributed by atoms with Gasteiger partial charge in [-0.1, -0.05) is 0 Å².